The number of para-hydroxylation sites is 2. The highest BCUT2D eigenvalue weighted by atomic mass is 32.2. The summed E-state index contributed by atoms with van der Waals surface area (Å²) >= 11 is 1.62. The molecule has 4 aromatic carbocycles. The Balaban J connectivity index is 0.000000908. The molecule has 2 aliphatic rings. The highest BCUT2D eigenvalue weighted by Gasteiger charge is 2.31. The van der Waals surface area contributed by atoms with Gasteiger partial charge in [-0.2, -0.15) is 0 Å². The number of amides is 1. The van der Waals surface area contributed by atoms with Gasteiger partial charge in [-0.05, 0) is 105 Å². The van der Waals surface area contributed by atoms with E-state index < -0.39 is 11.6 Å². The third kappa shape index (κ3) is 8.70. The van der Waals surface area contributed by atoms with E-state index in [-0.39, 0.29) is 18.4 Å². The van der Waals surface area contributed by atoms with Gasteiger partial charge in [0.05, 0.1) is 43.2 Å². The second-order valence-corrected chi connectivity index (χ2v) is 14.7. The lowest BCUT2D eigenvalue weighted by Gasteiger charge is -2.36. The van der Waals surface area contributed by atoms with Crippen LogP contribution < -0.4 is 14.4 Å². The van der Waals surface area contributed by atoms with Crippen molar-refractivity contribution in [3.8, 4) is 28.0 Å². The summed E-state index contributed by atoms with van der Waals surface area (Å²) in [6.45, 7) is 13.4. The molecule has 0 aromatic heterocycles. The Morgan fingerprint density at radius 1 is 0.960 bits per heavy atom. The Labute approximate surface area is 300 Å². The first-order chi connectivity index (χ1) is 23.7. The number of aliphatic carboxylic acids is 1. The van der Waals surface area contributed by atoms with Gasteiger partial charge in [0.1, 0.15) is 11.9 Å². The number of fused-ring (bicyclic) bond motifs is 3. The van der Waals surface area contributed by atoms with Crippen LogP contribution in [0.5, 0.6) is 5.75 Å². The van der Waals surface area contributed by atoms with Crippen LogP contribution in [0.15, 0.2) is 66.7 Å². The maximum absolute atomic E-state index is 13.8. The topological polar surface area (TPSA) is 108 Å². The van der Waals surface area contributed by atoms with E-state index in [1.165, 1.54) is 0 Å². The van der Waals surface area contributed by atoms with Crippen molar-refractivity contribution < 1.29 is 29.3 Å². The summed E-state index contributed by atoms with van der Waals surface area (Å²) in [4.78, 5) is 25.9. The number of carbonyl (C=O) groups excluding carboxylic acids is 1. The Kier molecular flexibility index (Phi) is 11.6. The molecule has 1 amide bonds. The van der Waals surface area contributed by atoms with E-state index in [1.54, 1.807) is 32.7 Å². The molecule has 2 heterocycles. The number of aliphatic hydroxyl groups is 1. The first-order valence-corrected chi connectivity index (χ1v) is 18.2. The second-order valence-electron chi connectivity index (χ2n) is 13.9. The lowest BCUT2D eigenvalue weighted by molar-refractivity contribution is -0.136. The molecule has 8 nitrogen and oxygen atoms in total. The van der Waals surface area contributed by atoms with Crippen LogP contribution in [0.3, 0.4) is 0 Å². The average Bonchev–Trinajstić information content (AvgIpc) is 3.07. The molecule has 6 rings (SSSR count). The van der Waals surface area contributed by atoms with Gasteiger partial charge < -0.3 is 29.3 Å². The number of ether oxygens (including phenoxy) is 2. The maximum atomic E-state index is 13.8. The Bertz CT molecular complexity index is 1850. The normalized spacial score (nSPS) is 14.2. The minimum absolute atomic E-state index is 0.0522. The molecule has 0 bridgehead atoms. The first kappa shape index (κ1) is 37.0. The van der Waals surface area contributed by atoms with Crippen LogP contribution in [-0.4, -0.2) is 53.3 Å². The average molecular weight is 697 g/mol. The largest absolute Gasteiger partial charge is 0.488 e. The van der Waals surface area contributed by atoms with Crippen LogP contribution in [0.25, 0.3) is 22.3 Å². The van der Waals surface area contributed by atoms with E-state index in [2.05, 4.69) is 40.8 Å². The van der Waals surface area contributed by atoms with Crippen molar-refractivity contribution in [2.75, 3.05) is 29.1 Å². The summed E-state index contributed by atoms with van der Waals surface area (Å²) in [5.74, 6) is -0.431. The quantitative estimate of drug-likeness (QED) is 0.157. The van der Waals surface area contributed by atoms with Gasteiger partial charge in [-0.25, -0.2) is 0 Å². The van der Waals surface area contributed by atoms with Gasteiger partial charge in [-0.3, -0.25) is 9.59 Å². The Morgan fingerprint density at radius 2 is 1.62 bits per heavy atom. The third-order valence-electron chi connectivity index (χ3n) is 8.79. The molecule has 0 saturated carbocycles. The van der Waals surface area contributed by atoms with Gasteiger partial charge in [0.15, 0.2) is 0 Å². The van der Waals surface area contributed by atoms with Gasteiger partial charge in [0, 0.05) is 30.2 Å². The van der Waals surface area contributed by atoms with Crippen molar-refractivity contribution >= 4 is 35.2 Å². The summed E-state index contributed by atoms with van der Waals surface area (Å²) in [6.07, 6.45) is 3.65. The number of benzene rings is 4. The fourth-order valence-corrected chi connectivity index (χ4v) is 7.17. The molecular formula is C41H48N2O6S. The third-order valence-corrected chi connectivity index (χ3v) is 9.54. The molecule has 0 radical (unpaired) electrons. The van der Waals surface area contributed by atoms with E-state index in [0.29, 0.717) is 36.8 Å². The van der Waals surface area contributed by atoms with E-state index >= 15 is 0 Å². The summed E-state index contributed by atoms with van der Waals surface area (Å²) in [5.41, 5.74) is 10.7. The number of anilines is 2. The van der Waals surface area contributed by atoms with Crippen LogP contribution in [-0.2, 0) is 22.5 Å². The molecule has 1 fully saturated rings. The van der Waals surface area contributed by atoms with E-state index in [9.17, 15) is 14.7 Å². The summed E-state index contributed by atoms with van der Waals surface area (Å²) in [5, 5.41) is 21.5. The molecule has 0 atom stereocenters. The summed E-state index contributed by atoms with van der Waals surface area (Å²) < 4.78 is 14.0. The van der Waals surface area contributed by atoms with Crippen LogP contribution in [0, 0.1) is 20.8 Å². The Hall–Kier alpha value is -4.31. The molecule has 264 valence electrons. The lowest BCUT2D eigenvalue weighted by Crippen LogP contribution is -2.26. The van der Waals surface area contributed by atoms with Crippen LogP contribution in [0.1, 0.15) is 71.8 Å². The molecule has 1 saturated heterocycles. The van der Waals surface area contributed by atoms with Gasteiger partial charge in [0.2, 0.25) is 0 Å². The molecule has 0 spiro atoms. The van der Waals surface area contributed by atoms with Crippen molar-refractivity contribution in [3.63, 3.8) is 0 Å². The zero-order valence-electron chi connectivity index (χ0n) is 30.1. The highest BCUT2D eigenvalue weighted by Crippen LogP contribution is 2.50. The van der Waals surface area contributed by atoms with Crippen LogP contribution in [0.4, 0.5) is 11.4 Å². The predicted octanol–water partition coefficient (Wildman–Crippen LogP) is 8.76. The maximum Gasteiger partial charge on any atom is 0.307 e. The zero-order valence-corrected chi connectivity index (χ0v) is 30.9. The number of nitrogens with one attached hydrogen (secondary N) is 1. The highest BCUT2D eigenvalue weighted by molar-refractivity contribution is 7.99. The number of rotatable bonds is 8. The number of carbonyl (C=O) groups is 2. The monoisotopic (exact) mass is 696 g/mol. The molecule has 3 N–H and O–H groups in total. The van der Waals surface area contributed by atoms with Crippen molar-refractivity contribution in [1.82, 2.24) is 0 Å². The summed E-state index contributed by atoms with van der Waals surface area (Å²) in [7, 11) is 0. The van der Waals surface area contributed by atoms with E-state index in [0.717, 1.165) is 68.6 Å². The minimum atomic E-state index is -0.863. The summed E-state index contributed by atoms with van der Waals surface area (Å²) in [6, 6.07) is 21.7. The molecule has 50 heavy (non-hydrogen) atoms. The lowest BCUT2D eigenvalue weighted by atomic mass is 9.80. The fourth-order valence-electron chi connectivity index (χ4n) is 6.49. The van der Waals surface area contributed by atoms with Crippen molar-refractivity contribution in [3.05, 3.63) is 100 Å². The molecule has 0 unspecified atom stereocenters. The number of carboxylic acids is 1. The number of carboxylic acid groups (broad SMARTS) is 1. The van der Waals surface area contributed by atoms with Crippen molar-refractivity contribution in [2.24, 2.45) is 0 Å². The Morgan fingerprint density at radius 3 is 2.26 bits per heavy atom. The number of aryl methyl sites for hydroxylation is 1. The minimum Gasteiger partial charge on any atom is -0.488 e. The molecular weight excluding hydrogens is 649 g/mol. The SMILES string of the molecule is CC(C)(C)O.CSN1Cc2ccc(C(=O)Nc3ccccc3OC3CCOCC3)cc2-c2c(C)c(-c3ccc(C)cc3)c(CC(=O)O)c(C)c21. The smallest absolute Gasteiger partial charge is 0.307 e. The van der Waals surface area contributed by atoms with Gasteiger partial charge in [-0.1, -0.05) is 60.0 Å². The molecule has 0 aliphatic carbocycles. The molecule has 4 aromatic rings. The van der Waals surface area contributed by atoms with Gasteiger partial charge in [0.25, 0.3) is 5.91 Å². The molecule has 2 aliphatic heterocycles. The van der Waals surface area contributed by atoms with Crippen molar-refractivity contribution in [2.45, 2.75) is 79.1 Å². The van der Waals surface area contributed by atoms with E-state index in [1.807, 2.05) is 62.6 Å². The van der Waals surface area contributed by atoms with Crippen molar-refractivity contribution in [1.29, 1.82) is 0 Å². The molecule has 9 heteroatoms. The number of nitrogens with zero attached hydrogens (tertiary/aromatic N) is 1. The second kappa shape index (κ2) is 15.7. The van der Waals surface area contributed by atoms with Gasteiger partial charge in [-0.15, -0.1) is 0 Å². The standard InChI is InChI=1S/C37H38N2O5S.C4H10O/c1-22-9-11-25(12-10-22)34-24(3)35-30-19-26(13-14-27(30)21-39(45-4)36(35)23(2)29(34)20-33(40)41)37(42)38-31-7-5-6-8-32(31)44-28-15-17-43-18-16-28;1-4(2,3)5/h5-14,19,28H,15-18,20-21H2,1-4H3,(H,38,42)(H,40,41);5H,1-3H3. The number of hydrogen-bond donors (Lipinski definition) is 3. The van der Waals surface area contributed by atoms with Crippen LogP contribution >= 0.6 is 11.9 Å². The predicted molar refractivity (Wildman–Crippen MR) is 203 cm³/mol. The fraction of sp³-hybridized carbons (Fsp3) is 0.366. The van der Waals surface area contributed by atoms with Crippen LogP contribution in [0.2, 0.25) is 0 Å². The first-order valence-electron chi connectivity index (χ1n) is 17.0. The van der Waals surface area contributed by atoms with E-state index in [4.69, 9.17) is 14.6 Å². The number of hydrogen-bond acceptors (Lipinski definition) is 7. The zero-order chi connectivity index (χ0) is 36.2. The van der Waals surface area contributed by atoms with Gasteiger partial charge >= 0.3 is 5.97 Å².